The lowest BCUT2D eigenvalue weighted by Gasteiger charge is -2.09. The van der Waals surface area contributed by atoms with Crippen molar-refractivity contribution >= 4 is 35.0 Å². The van der Waals surface area contributed by atoms with E-state index in [1.165, 1.54) is 41.4 Å². The van der Waals surface area contributed by atoms with Gasteiger partial charge in [0.25, 0.3) is 0 Å². The van der Waals surface area contributed by atoms with Crippen LogP contribution in [0.25, 0.3) is 16.8 Å². The smallest absolute Gasteiger partial charge is 0.302 e. The van der Waals surface area contributed by atoms with Gasteiger partial charge < -0.3 is 4.57 Å². The maximum atomic E-state index is 14.5. The number of benzene rings is 2. The molecule has 27 heavy (non-hydrogen) atoms. The minimum absolute atomic E-state index is 0.124. The first-order valence-corrected chi connectivity index (χ1v) is 8.87. The van der Waals surface area contributed by atoms with Crippen molar-refractivity contribution in [2.45, 2.75) is 15.1 Å². The first kappa shape index (κ1) is 20.0. The molecule has 1 aromatic heterocycles. The second-order valence-electron chi connectivity index (χ2n) is 5.41. The van der Waals surface area contributed by atoms with E-state index in [1.807, 2.05) is 0 Å². The van der Waals surface area contributed by atoms with Gasteiger partial charge in [0.05, 0.1) is 11.3 Å². The summed E-state index contributed by atoms with van der Waals surface area (Å²) in [4.78, 5) is 3.88. The number of rotatable bonds is 4. The zero-order valence-electron chi connectivity index (χ0n) is 13.1. The molecule has 3 rings (SSSR count). The second kappa shape index (κ2) is 7.33. The Balaban J connectivity index is 1.86. The molecule has 0 aliphatic heterocycles. The van der Waals surface area contributed by atoms with E-state index >= 15 is 0 Å². The summed E-state index contributed by atoms with van der Waals surface area (Å²) in [6, 6.07) is 8.58. The SMILES string of the molecule is Fc1cc(-c2ccc(C(F)(F)F)cc2)ccc1-n1cnc(SC(F)(Cl)Cl)c1. The summed E-state index contributed by atoms with van der Waals surface area (Å²) in [6.07, 6.45) is -1.83. The summed E-state index contributed by atoms with van der Waals surface area (Å²) in [5.41, 5.74) is 0.179. The molecule has 0 fully saturated rings. The van der Waals surface area contributed by atoms with Gasteiger partial charge in [0.1, 0.15) is 17.2 Å². The van der Waals surface area contributed by atoms with E-state index in [9.17, 15) is 22.0 Å². The number of halogens is 7. The van der Waals surface area contributed by atoms with Crippen LogP contribution in [0.4, 0.5) is 22.0 Å². The van der Waals surface area contributed by atoms with Gasteiger partial charge >= 0.3 is 10.1 Å². The summed E-state index contributed by atoms with van der Waals surface area (Å²) in [6.45, 7) is 0. The van der Waals surface area contributed by atoms with E-state index in [2.05, 4.69) is 4.98 Å². The Bertz CT molecular complexity index is 949. The van der Waals surface area contributed by atoms with E-state index < -0.39 is 21.5 Å². The minimum Gasteiger partial charge on any atom is -0.302 e. The lowest BCUT2D eigenvalue weighted by Crippen LogP contribution is -2.04. The van der Waals surface area contributed by atoms with Gasteiger partial charge in [0.15, 0.2) is 0 Å². The molecular formula is C17H9Cl2F5N2S. The third-order valence-corrected chi connectivity index (χ3v) is 4.66. The Morgan fingerprint density at radius 2 is 1.56 bits per heavy atom. The van der Waals surface area contributed by atoms with Crippen molar-refractivity contribution < 1.29 is 22.0 Å². The normalized spacial score (nSPS) is 12.4. The number of imidazole rings is 1. The molecular weight excluding hydrogens is 430 g/mol. The van der Waals surface area contributed by atoms with Gasteiger partial charge in [-0.05, 0) is 47.2 Å². The minimum atomic E-state index is -4.44. The molecule has 3 aromatic rings. The fourth-order valence-electron chi connectivity index (χ4n) is 2.36. The van der Waals surface area contributed by atoms with Gasteiger partial charge in [-0.3, -0.25) is 0 Å². The molecule has 0 saturated heterocycles. The highest BCUT2D eigenvalue weighted by Crippen LogP contribution is 2.40. The zero-order valence-corrected chi connectivity index (χ0v) is 15.5. The van der Waals surface area contributed by atoms with Gasteiger partial charge in [0, 0.05) is 6.20 Å². The fourth-order valence-corrected chi connectivity index (χ4v) is 3.33. The van der Waals surface area contributed by atoms with Gasteiger partial charge in [0.2, 0.25) is 0 Å². The number of hydrogen-bond donors (Lipinski definition) is 0. The van der Waals surface area contributed by atoms with Gasteiger partial charge in [-0.25, -0.2) is 9.37 Å². The topological polar surface area (TPSA) is 17.8 Å². The predicted molar refractivity (Wildman–Crippen MR) is 95.4 cm³/mol. The van der Waals surface area contributed by atoms with E-state index in [1.54, 1.807) is 6.07 Å². The first-order valence-electron chi connectivity index (χ1n) is 7.30. The number of hydrogen-bond acceptors (Lipinski definition) is 2. The highest BCUT2D eigenvalue weighted by atomic mass is 35.5. The summed E-state index contributed by atoms with van der Waals surface area (Å²) in [5, 5.41) is 0.147. The number of thioether (sulfide) groups is 1. The van der Waals surface area contributed by atoms with E-state index in [0.717, 1.165) is 12.1 Å². The summed E-state index contributed by atoms with van der Waals surface area (Å²) < 4.78 is 64.3. The average Bonchev–Trinajstić information content (AvgIpc) is 3.00. The molecule has 0 aliphatic rings. The van der Waals surface area contributed by atoms with Crippen LogP contribution >= 0.6 is 35.0 Å². The Hall–Kier alpha value is -1.77. The summed E-state index contributed by atoms with van der Waals surface area (Å²) in [7, 11) is 0. The van der Waals surface area contributed by atoms with E-state index in [-0.39, 0.29) is 10.7 Å². The molecule has 1 heterocycles. The summed E-state index contributed by atoms with van der Waals surface area (Å²) in [5.74, 6) is -0.635. The molecule has 10 heteroatoms. The molecule has 0 aliphatic carbocycles. The first-order chi connectivity index (χ1) is 12.5. The molecule has 0 amide bonds. The van der Waals surface area contributed by atoms with Crippen molar-refractivity contribution in [3.63, 3.8) is 0 Å². The molecule has 142 valence electrons. The maximum Gasteiger partial charge on any atom is 0.416 e. The Labute approximate surface area is 164 Å². The Morgan fingerprint density at radius 3 is 2.11 bits per heavy atom. The van der Waals surface area contributed by atoms with Crippen LogP contribution in [0.3, 0.4) is 0 Å². The second-order valence-corrected chi connectivity index (χ2v) is 8.28. The molecule has 0 N–H and O–H groups in total. The maximum absolute atomic E-state index is 14.5. The third kappa shape index (κ3) is 4.94. The van der Waals surface area contributed by atoms with Crippen LogP contribution < -0.4 is 0 Å². The monoisotopic (exact) mass is 438 g/mol. The fraction of sp³-hybridized carbons (Fsp3) is 0.118. The molecule has 2 aromatic carbocycles. The van der Waals surface area contributed by atoms with Crippen LogP contribution in [0.15, 0.2) is 60.0 Å². The highest BCUT2D eigenvalue weighted by Gasteiger charge is 2.30. The average molecular weight is 439 g/mol. The van der Waals surface area contributed by atoms with Crippen molar-refractivity contribution in [3.05, 3.63) is 66.4 Å². The van der Waals surface area contributed by atoms with Crippen LogP contribution in [0.5, 0.6) is 0 Å². The van der Waals surface area contributed by atoms with Crippen molar-refractivity contribution in [2.24, 2.45) is 0 Å². The molecule has 0 radical (unpaired) electrons. The lowest BCUT2D eigenvalue weighted by atomic mass is 10.0. The van der Waals surface area contributed by atoms with Gasteiger partial charge in [-0.1, -0.05) is 41.4 Å². The van der Waals surface area contributed by atoms with Crippen LogP contribution in [0, 0.1) is 5.82 Å². The van der Waals surface area contributed by atoms with Crippen molar-refractivity contribution in [3.8, 4) is 16.8 Å². The third-order valence-electron chi connectivity index (χ3n) is 3.55. The van der Waals surface area contributed by atoms with Crippen LogP contribution in [0.1, 0.15) is 5.56 Å². The van der Waals surface area contributed by atoms with Crippen LogP contribution in [-0.2, 0) is 6.18 Å². The standard InChI is InChI=1S/C17H9Cl2F5N2S/c18-17(19,24)27-15-8-26(9-25-15)14-6-3-11(7-13(14)20)10-1-4-12(5-2-10)16(21,22)23/h1-9H. The number of nitrogens with zero attached hydrogens (tertiary/aromatic N) is 2. The largest absolute Gasteiger partial charge is 0.416 e. The van der Waals surface area contributed by atoms with Crippen LogP contribution in [0.2, 0.25) is 0 Å². The summed E-state index contributed by atoms with van der Waals surface area (Å²) >= 11 is 10.9. The van der Waals surface area contributed by atoms with Crippen molar-refractivity contribution in [2.75, 3.05) is 0 Å². The van der Waals surface area contributed by atoms with Crippen LogP contribution in [-0.4, -0.2) is 13.5 Å². The van der Waals surface area contributed by atoms with E-state index in [4.69, 9.17) is 23.2 Å². The Morgan fingerprint density at radius 1 is 0.926 bits per heavy atom. The quantitative estimate of drug-likeness (QED) is 0.252. The van der Waals surface area contributed by atoms with Crippen molar-refractivity contribution in [1.82, 2.24) is 9.55 Å². The molecule has 0 saturated carbocycles. The van der Waals surface area contributed by atoms with Crippen molar-refractivity contribution in [1.29, 1.82) is 0 Å². The van der Waals surface area contributed by atoms with Gasteiger partial charge in [-0.2, -0.15) is 17.6 Å². The van der Waals surface area contributed by atoms with Gasteiger partial charge in [-0.15, -0.1) is 0 Å². The molecule has 0 spiro atoms. The van der Waals surface area contributed by atoms with E-state index in [0.29, 0.717) is 22.9 Å². The Kier molecular flexibility index (Phi) is 5.42. The number of alkyl halides is 6. The zero-order chi connectivity index (χ0) is 19.8. The molecule has 2 nitrogen and oxygen atoms in total. The molecule has 0 bridgehead atoms. The highest BCUT2D eigenvalue weighted by molar-refractivity contribution is 8.03. The number of aromatic nitrogens is 2. The molecule has 0 atom stereocenters. The predicted octanol–water partition coefficient (Wildman–Crippen LogP) is 6.85. The molecule has 0 unspecified atom stereocenters. The lowest BCUT2D eigenvalue weighted by molar-refractivity contribution is -0.137.